The second kappa shape index (κ2) is 7.53. The first-order valence-corrected chi connectivity index (χ1v) is 9.42. The van der Waals surface area contributed by atoms with Crippen LogP contribution < -0.4 is 5.32 Å². The van der Waals surface area contributed by atoms with E-state index in [1.807, 2.05) is 64.1 Å². The molecule has 2 aromatic rings. The fourth-order valence-corrected chi connectivity index (χ4v) is 3.19. The van der Waals surface area contributed by atoms with Gasteiger partial charge in [0.2, 0.25) is 5.91 Å². The van der Waals surface area contributed by atoms with Gasteiger partial charge in [0, 0.05) is 19.0 Å². The molecule has 0 spiro atoms. The highest BCUT2D eigenvalue weighted by Gasteiger charge is 2.52. The minimum Gasteiger partial charge on any atom is -0.400 e. The number of hydrogen-bond acceptors (Lipinski definition) is 4. The van der Waals surface area contributed by atoms with E-state index in [1.165, 1.54) is 6.92 Å². The van der Waals surface area contributed by atoms with E-state index < -0.39 is 18.3 Å². The topological polar surface area (TPSA) is 64.6 Å². The van der Waals surface area contributed by atoms with Gasteiger partial charge in [-0.2, -0.15) is 0 Å². The van der Waals surface area contributed by atoms with Crippen LogP contribution in [0.25, 0.3) is 16.8 Å². The number of benzene rings is 2. The first-order chi connectivity index (χ1) is 13.1. The molecule has 0 unspecified atom stereocenters. The number of carbonyl (C=O) groups excluding carboxylic acids is 2. The lowest BCUT2D eigenvalue weighted by Crippen LogP contribution is -2.41. The molecule has 28 heavy (non-hydrogen) atoms. The number of amides is 1. The Balaban J connectivity index is 2.11. The standard InChI is InChI=1S/C22H26BNO4/c1-15(26)24-13-18(23-27-21(2,3)22(4,5)28-23)12-20-17(14-25)11-10-16-8-6-7-9-19(16)20/h6-12,14H,13H2,1-5H3,(H,24,26). The summed E-state index contributed by atoms with van der Waals surface area (Å²) in [6.45, 7) is 9.68. The number of nitrogens with one attached hydrogen (secondary N) is 1. The summed E-state index contributed by atoms with van der Waals surface area (Å²) < 4.78 is 12.4. The van der Waals surface area contributed by atoms with Crippen LogP contribution in [0.1, 0.15) is 50.5 Å². The lowest BCUT2D eigenvalue weighted by Gasteiger charge is -2.32. The van der Waals surface area contributed by atoms with E-state index >= 15 is 0 Å². The number of carbonyl (C=O) groups is 2. The normalized spacial score (nSPS) is 18.3. The van der Waals surface area contributed by atoms with Crippen molar-refractivity contribution in [3.05, 3.63) is 53.0 Å². The predicted octanol–water partition coefficient (Wildman–Crippen LogP) is 3.80. The van der Waals surface area contributed by atoms with E-state index in [2.05, 4.69) is 5.32 Å². The van der Waals surface area contributed by atoms with Gasteiger partial charge in [-0.25, -0.2) is 0 Å². The molecule has 0 aliphatic carbocycles. The second-order valence-electron chi connectivity index (χ2n) is 8.12. The molecule has 1 amide bonds. The molecule has 1 aliphatic rings. The Morgan fingerprint density at radius 1 is 1.07 bits per heavy atom. The largest absolute Gasteiger partial charge is 0.492 e. The van der Waals surface area contributed by atoms with E-state index in [4.69, 9.17) is 9.31 Å². The average molecular weight is 379 g/mol. The van der Waals surface area contributed by atoms with Crippen molar-refractivity contribution in [2.75, 3.05) is 6.54 Å². The zero-order chi connectivity index (χ0) is 20.5. The molecule has 1 N–H and O–H groups in total. The molecule has 1 fully saturated rings. The van der Waals surface area contributed by atoms with Crippen molar-refractivity contribution in [3.8, 4) is 0 Å². The van der Waals surface area contributed by atoms with Crippen LogP contribution in [0, 0.1) is 0 Å². The Kier molecular flexibility index (Phi) is 5.46. The molecular weight excluding hydrogens is 353 g/mol. The van der Waals surface area contributed by atoms with Crippen molar-refractivity contribution < 1.29 is 18.9 Å². The van der Waals surface area contributed by atoms with Crippen LogP contribution in [0.3, 0.4) is 0 Å². The van der Waals surface area contributed by atoms with Gasteiger partial charge >= 0.3 is 7.12 Å². The number of fused-ring (bicyclic) bond motifs is 1. The van der Waals surface area contributed by atoms with Gasteiger partial charge in [-0.3, -0.25) is 9.59 Å². The molecule has 1 saturated heterocycles. The third-order valence-corrected chi connectivity index (χ3v) is 5.56. The third kappa shape index (κ3) is 3.89. The zero-order valence-corrected chi connectivity index (χ0v) is 17.0. The highest BCUT2D eigenvalue weighted by atomic mass is 16.7. The van der Waals surface area contributed by atoms with Crippen molar-refractivity contribution >= 4 is 36.2 Å². The summed E-state index contributed by atoms with van der Waals surface area (Å²) in [5.74, 6) is -0.143. The van der Waals surface area contributed by atoms with Crippen LogP contribution in [0.15, 0.2) is 41.9 Å². The quantitative estimate of drug-likeness (QED) is 0.634. The minimum atomic E-state index is -0.615. The zero-order valence-electron chi connectivity index (χ0n) is 17.0. The van der Waals surface area contributed by atoms with Crippen LogP contribution in [0.2, 0.25) is 0 Å². The summed E-state index contributed by atoms with van der Waals surface area (Å²) in [4.78, 5) is 23.2. The van der Waals surface area contributed by atoms with Gasteiger partial charge in [0.1, 0.15) is 0 Å². The van der Waals surface area contributed by atoms with E-state index in [-0.39, 0.29) is 12.5 Å². The van der Waals surface area contributed by atoms with Gasteiger partial charge in [-0.1, -0.05) is 42.5 Å². The number of hydrogen-bond donors (Lipinski definition) is 1. The molecule has 5 nitrogen and oxygen atoms in total. The van der Waals surface area contributed by atoms with Crippen molar-refractivity contribution in [3.63, 3.8) is 0 Å². The molecule has 0 atom stereocenters. The first kappa shape index (κ1) is 20.3. The highest BCUT2D eigenvalue weighted by Crippen LogP contribution is 2.39. The van der Waals surface area contributed by atoms with Crippen molar-refractivity contribution in [2.45, 2.75) is 45.8 Å². The van der Waals surface area contributed by atoms with Crippen molar-refractivity contribution in [2.24, 2.45) is 0 Å². The van der Waals surface area contributed by atoms with Gasteiger partial charge in [0.05, 0.1) is 11.2 Å². The Morgan fingerprint density at radius 2 is 1.71 bits per heavy atom. The smallest absolute Gasteiger partial charge is 0.400 e. The number of aldehydes is 1. The van der Waals surface area contributed by atoms with Gasteiger partial charge in [-0.15, -0.1) is 0 Å². The molecular formula is C22H26BNO4. The third-order valence-electron chi connectivity index (χ3n) is 5.56. The van der Waals surface area contributed by atoms with Crippen LogP contribution in [-0.2, 0) is 14.1 Å². The monoisotopic (exact) mass is 379 g/mol. The van der Waals surface area contributed by atoms with Gasteiger partial charge in [-0.05, 0) is 49.5 Å². The fraction of sp³-hybridized carbons (Fsp3) is 0.364. The summed E-state index contributed by atoms with van der Waals surface area (Å²) in [7, 11) is -0.615. The SMILES string of the molecule is CC(=O)NCC(=Cc1c(C=O)ccc2ccccc12)B1OC(C)(C)C(C)(C)O1. The lowest BCUT2D eigenvalue weighted by atomic mass is 9.76. The molecule has 2 aromatic carbocycles. The molecule has 1 heterocycles. The Hall–Kier alpha value is -2.44. The fourth-order valence-electron chi connectivity index (χ4n) is 3.19. The maximum absolute atomic E-state index is 11.7. The van der Waals surface area contributed by atoms with Gasteiger partial charge in [0.25, 0.3) is 0 Å². The molecule has 0 radical (unpaired) electrons. The summed E-state index contributed by atoms with van der Waals surface area (Å²) in [5.41, 5.74) is 1.13. The maximum atomic E-state index is 11.7. The van der Waals surface area contributed by atoms with Crippen molar-refractivity contribution in [1.29, 1.82) is 0 Å². The van der Waals surface area contributed by atoms with Crippen LogP contribution in [0.4, 0.5) is 0 Å². The molecule has 0 bridgehead atoms. The highest BCUT2D eigenvalue weighted by molar-refractivity contribution is 6.56. The van der Waals surface area contributed by atoms with E-state index in [1.54, 1.807) is 6.07 Å². The lowest BCUT2D eigenvalue weighted by molar-refractivity contribution is -0.118. The Morgan fingerprint density at radius 3 is 2.32 bits per heavy atom. The number of rotatable bonds is 5. The second-order valence-corrected chi connectivity index (χ2v) is 8.12. The van der Waals surface area contributed by atoms with Crippen LogP contribution >= 0.6 is 0 Å². The maximum Gasteiger partial charge on any atom is 0.492 e. The van der Waals surface area contributed by atoms with E-state index in [0.717, 1.165) is 28.1 Å². The van der Waals surface area contributed by atoms with Gasteiger partial charge < -0.3 is 14.6 Å². The van der Waals surface area contributed by atoms with E-state index in [9.17, 15) is 9.59 Å². The molecule has 0 aromatic heterocycles. The summed E-state index contributed by atoms with van der Waals surface area (Å²) in [6, 6.07) is 11.6. The molecule has 0 saturated carbocycles. The summed E-state index contributed by atoms with van der Waals surface area (Å²) in [5, 5.41) is 4.82. The average Bonchev–Trinajstić information content (AvgIpc) is 2.85. The molecule has 3 rings (SSSR count). The predicted molar refractivity (Wildman–Crippen MR) is 112 cm³/mol. The van der Waals surface area contributed by atoms with Crippen LogP contribution in [-0.4, -0.2) is 37.1 Å². The minimum absolute atomic E-state index is 0.143. The molecule has 6 heteroatoms. The summed E-state index contributed by atoms with van der Waals surface area (Å²) in [6.07, 6.45) is 2.75. The summed E-state index contributed by atoms with van der Waals surface area (Å²) >= 11 is 0. The molecule has 1 aliphatic heterocycles. The molecule has 146 valence electrons. The van der Waals surface area contributed by atoms with Crippen LogP contribution in [0.5, 0.6) is 0 Å². The van der Waals surface area contributed by atoms with E-state index in [0.29, 0.717) is 5.56 Å². The Labute approximate surface area is 166 Å². The van der Waals surface area contributed by atoms with Crippen molar-refractivity contribution in [1.82, 2.24) is 5.32 Å². The Bertz CT molecular complexity index is 933. The first-order valence-electron chi connectivity index (χ1n) is 9.42. The van der Waals surface area contributed by atoms with Gasteiger partial charge in [0.15, 0.2) is 6.29 Å².